The zero-order valence-electron chi connectivity index (χ0n) is 19.4. The maximum atomic E-state index is 13.6. The number of ether oxygens (including phenoxy) is 1. The van der Waals surface area contributed by atoms with Crippen LogP contribution < -0.4 is 10.6 Å². The van der Waals surface area contributed by atoms with Gasteiger partial charge in [0, 0.05) is 6.42 Å². The minimum absolute atomic E-state index is 0.0901. The first kappa shape index (κ1) is 22.9. The van der Waals surface area contributed by atoms with E-state index < -0.39 is 18.1 Å². The minimum Gasteiger partial charge on any atom is -0.496 e. The van der Waals surface area contributed by atoms with Crippen LogP contribution in [0.3, 0.4) is 0 Å². The fourth-order valence-electron chi connectivity index (χ4n) is 5.83. The summed E-state index contributed by atoms with van der Waals surface area (Å²) in [4.78, 5) is 33.1. The second-order valence-corrected chi connectivity index (χ2v) is 9.73. The standard InChI is InChI=1S/C27H33N3O4/c1-3-22(24(33-4-2)27-17-19(27)14-15-28-27)25(31)29-23(16-18-8-6-5-7-9-18)26(32)30-20-10-12-21(34-30)13-11-20/h3-10,12,19-24,28H,1-2,11,13-17H2,(H,29,31)/t19?,20?,21?,22-,23+,24-,27?/m1/s1. The Morgan fingerprint density at radius 2 is 2.06 bits per heavy atom. The number of benzene rings is 1. The summed E-state index contributed by atoms with van der Waals surface area (Å²) < 4.78 is 5.90. The van der Waals surface area contributed by atoms with Crippen molar-refractivity contribution in [3.8, 4) is 0 Å². The van der Waals surface area contributed by atoms with Crippen LogP contribution in [0.1, 0.15) is 31.2 Å². The Hall–Kier alpha value is -2.90. The fourth-order valence-corrected chi connectivity index (χ4v) is 5.83. The molecule has 0 spiro atoms. The van der Waals surface area contributed by atoms with Crippen LogP contribution in [0, 0.1) is 11.8 Å². The summed E-state index contributed by atoms with van der Waals surface area (Å²) in [5.74, 6) is -0.652. The zero-order chi connectivity index (χ0) is 23.7. The molecule has 2 aliphatic carbocycles. The molecule has 180 valence electrons. The third-order valence-electron chi connectivity index (χ3n) is 7.69. The number of fused-ring (bicyclic) bond motifs is 3. The van der Waals surface area contributed by atoms with E-state index in [1.54, 1.807) is 6.08 Å². The van der Waals surface area contributed by atoms with Gasteiger partial charge in [-0.2, -0.15) is 0 Å². The Bertz CT molecular complexity index is 979. The molecule has 1 aromatic rings. The van der Waals surface area contributed by atoms with Gasteiger partial charge < -0.3 is 15.4 Å². The number of hydroxylamine groups is 2. The second-order valence-electron chi connectivity index (χ2n) is 9.73. The van der Waals surface area contributed by atoms with Gasteiger partial charge in [0.25, 0.3) is 5.91 Å². The second kappa shape index (κ2) is 9.39. The van der Waals surface area contributed by atoms with Gasteiger partial charge in [-0.1, -0.05) is 55.1 Å². The van der Waals surface area contributed by atoms with E-state index in [2.05, 4.69) is 23.8 Å². The Kier molecular flexibility index (Phi) is 6.32. The van der Waals surface area contributed by atoms with Crippen LogP contribution in [-0.4, -0.2) is 53.3 Å². The predicted molar refractivity (Wildman–Crippen MR) is 128 cm³/mol. The van der Waals surface area contributed by atoms with Gasteiger partial charge in [-0.15, -0.1) is 6.58 Å². The van der Waals surface area contributed by atoms with Crippen LogP contribution >= 0.6 is 0 Å². The summed E-state index contributed by atoms with van der Waals surface area (Å²) >= 11 is 0. The van der Waals surface area contributed by atoms with Gasteiger partial charge in [0.2, 0.25) is 5.91 Å². The van der Waals surface area contributed by atoms with Gasteiger partial charge in [0.05, 0.1) is 23.8 Å². The smallest absolute Gasteiger partial charge is 0.269 e. The third kappa shape index (κ3) is 4.18. The number of rotatable bonds is 10. The molecule has 7 heteroatoms. The van der Waals surface area contributed by atoms with E-state index in [1.165, 1.54) is 11.3 Å². The van der Waals surface area contributed by atoms with Gasteiger partial charge in [-0.05, 0) is 43.7 Å². The number of carbonyl (C=O) groups is 2. The van der Waals surface area contributed by atoms with Crippen LogP contribution in [0.15, 0.2) is 68.0 Å². The molecule has 7 atom stereocenters. The molecular weight excluding hydrogens is 430 g/mol. The summed E-state index contributed by atoms with van der Waals surface area (Å²) in [6.07, 6.45) is 10.7. The SMILES string of the molecule is C=CO[C@H]([C@@H](C=C)C(=O)N[C@@H](Cc1ccccc1)C(=O)N1OC2C=CC1CC2)C12CC1CCN2. The minimum atomic E-state index is -0.765. The number of amides is 2. The van der Waals surface area contributed by atoms with Crippen molar-refractivity contribution in [2.24, 2.45) is 11.8 Å². The van der Waals surface area contributed by atoms with Crippen LogP contribution in [0.4, 0.5) is 0 Å². The Morgan fingerprint density at radius 3 is 2.62 bits per heavy atom. The average molecular weight is 464 g/mol. The number of nitrogens with zero attached hydrogens (tertiary/aromatic N) is 1. The highest BCUT2D eigenvalue weighted by Crippen LogP contribution is 2.54. The lowest BCUT2D eigenvalue weighted by molar-refractivity contribution is -0.232. The van der Waals surface area contributed by atoms with Gasteiger partial charge in [0.15, 0.2) is 0 Å². The summed E-state index contributed by atoms with van der Waals surface area (Å²) in [6, 6.07) is 8.84. The van der Waals surface area contributed by atoms with E-state index in [0.717, 1.165) is 37.8 Å². The van der Waals surface area contributed by atoms with Gasteiger partial charge >= 0.3 is 0 Å². The van der Waals surface area contributed by atoms with Gasteiger partial charge in [-0.3, -0.25) is 14.4 Å². The van der Waals surface area contributed by atoms with Crippen molar-refractivity contribution in [1.29, 1.82) is 0 Å². The summed E-state index contributed by atoms with van der Waals surface area (Å²) in [6.45, 7) is 8.56. The summed E-state index contributed by atoms with van der Waals surface area (Å²) in [5.41, 5.74) is 0.731. The van der Waals surface area contributed by atoms with Crippen molar-refractivity contribution in [2.75, 3.05) is 6.54 Å². The van der Waals surface area contributed by atoms with Crippen molar-refractivity contribution in [2.45, 2.75) is 61.9 Å². The highest BCUT2D eigenvalue weighted by molar-refractivity contribution is 5.89. The quantitative estimate of drug-likeness (QED) is 0.412. The molecule has 2 amide bonds. The van der Waals surface area contributed by atoms with Crippen molar-refractivity contribution < 1.29 is 19.2 Å². The van der Waals surface area contributed by atoms with Gasteiger partial charge in [0.1, 0.15) is 18.2 Å². The predicted octanol–water partition coefficient (Wildman–Crippen LogP) is 2.66. The molecule has 1 aromatic carbocycles. The molecule has 3 fully saturated rings. The molecule has 1 saturated carbocycles. The highest BCUT2D eigenvalue weighted by Gasteiger charge is 2.64. The van der Waals surface area contributed by atoms with Crippen molar-refractivity contribution in [3.63, 3.8) is 0 Å². The van der Waals surface area contributed by atoms with E-state index in [1.807, 2.05) is 42.5 Å². The molecule has 4 unspecified atom stereocenters. The first-order valence-corrected chi connectivity index (χ1v) is 12.2. The zero-order valence-corrected chi connectivity index (χ0v) is 19.4. The molecule has 2 N–H and O–H groups in total. The number of nitrogens with one attached hydrogen (secondary N) is 2. The maximum Gasteiger partial charge on any atom is 0.269 e. The highest BCUT2D eigenvalue weighted by atomic mass is 16.7. The van der Waals surface area contributed by atoms with Crippen LogP contribution in [-0.2, 0) is 25.6 Å². The van der Waals surface area contributed by atoms with Crippen molar-refractivity contribution in [3.05, 3.63) is 73.5 Å². The van der Waals surface area contributed by atoms with E-state index in [0.29, 0.717) is 12.3 Å². The van der Waals surface area contributed by atoms with Crippen molar-refractivity contribution >= 4 is 11.8 Å². The molecule has 3 aliphatic heterocycles. The summed E-state index contributed by atoms with van der Waals surface area (Å²) in [5, 5.41) is 8.02. The lowest BCUT2D eigenvalue weighted by Crippen LogP contribution is -2.58. The molecule has 0 radical (unpaired) electrons. The lowest BCUT2D eigenvalue weighted by atomic mass is 9.91. The van der Waals surface area contributed by atoms with Crippen LogP contribution in [0.2, 0.25) is 0 Å². The Labute approximate surface area is 200 Å². The van der Waals surface area contributed by atoms with Crippen LogP contribution in [0.5, 0.6) is 0 Å². The lowest BCUT2D eigenvalue weighted by Gasteiger charge is -2.41. The molecule has 2 saturated heterocycles. The normalized spacial score (nSPS) is 31.2. The summed E-state index contributed by atoms with van der Waals surface area (Å²) in [7, 11) is 0. The largest absolute Gasteiger partial charge is 0.496 e. The number of hydrogen-bond acceptors (Lipinski definition) is 5. The van der Waals surface area contributed by atoms with E-state index in [-0.39, 0.29) is 29.5 Å². The molecule has 3 heterocycles. The average Bonchev–Trinajstić information content (AvgIpc) is 3.43. The maximum absolute atomic E-state index is 13.6. The third-order valence-corrected chi connectivity index (χ3v) is 7.69. The molecule has 0 aromatic heterocycles. The van der Waals surface area contributed by atoms with E-state index in [9.17, 15) is 9.59 Å². The molecule has 5 aliphatic rings. The Balaban J connectivity index is 1.36. The monoisotopic (exact) mass is 463 g/mol. The number of hydrogen-bond donors (Lipinski definition) is 2. The molecular formula is C27H33N3O4. The van der Waals surface area contributed by atoms with Crippen LogP contribution in [0.25, 0.3) is 0 Å². The topological polar surface area (TPSA) is 79.9 Å². The number of piperidine rings is 1. The first-order valence-electron chi connectivity index (χ1n) is 12.2. The first-order chi connectivity index (χ1) is 16.6. The number of carbonyl (C=O) groups excluding carboxylic acids is 2. The molecule has 7 nitrogen and oxygen atoms in total. The molecule has 6 rings (SSSR count). The van der Waals surface area contributed by atoms with Crippen molar-refractivity contribution in [1.82, 2.24) is 15.7 Å². The van der Waals surface area contributed by atoms with Gasteiger partial charge in [-0.25, -0.2) is 5.06 Å². The van der Waals surface area contributed by atoms with E-state index in [4.69, 9.17) is 9.57 Å². The molecule has 34 heavy (non-hydrogen) atoms. The van der Waals surface area contributed by atoms with E-state index >= 15 is 0 Å². The fraction of sp³-hybridized carbons (Fsp3) is 0.481. The molecule has 2 bridgehead atoms. The Morgan fingerprint density at radius 1 is 1.24 bits per heavy atom.